The van der Waals surface area contributed by atoms with Crippen LogP contribution in [0.25, 0.3) is 0 Å². The summed E-state index contributed by atoms with van der Waals surface area (Å²) >= 11 is 0. The molecule has 0 saturated heterocycles. The second-order valence-electron chi connectivity index (χ2n) is 5.09. The molecule has 2 atom stereocenters. The number of phenolic OH excluding ortho intramolecular Hbond substituents is 1. The Morgan fingerprint density at radius 1 is 1.35 bits per heavy atom. The Bertz CT molecular complexity index is 456. The van der Waals surface area contributed by atoms with Crippen molar-refractivity contribution in [3.8, 4) is 5.75 Å². The van der Waals surface area contributed by atoms with Crippen LogP contribution < -0.4 is 0 Å². The molecular formula is C16H20O. The molecule has 0 aromatic heterocycles. The number of phenols is 1. The number of aromatic hydroxyl groups is 1. The van der Waals surface area contributed by atoms with Gasteiger partial charge in [0.05, 0.1) is 0 Å². The quantitative estimate of drug-likeness (QED) is 0.743. The maximum absolute atomic E-state index is 9.99. The smallest absolute Gasteiger partial charge is 0.119 e. The maximum atomic E-state index is 9.99. The van der Waals surface area contributed by atoms with Gasteiger partial charge in [0, 0.05) is 11.5 Å². The number of benzene rings is 1. The van der Waals surface area contributed by atoms with E-state index in [1.807, 2.05) is 18.2 Å². The second kappa shape index (κ2) is 4.79. The average Bonchev–Trinajstić information content (AvgIpc) is 2.29. The first-order chi connectivity index (χ1) is 8.09. The molecule has 1 aliphatic carbocycles. The summed E-state index contributed by atoms with van der Waals surface area (Å²) in [5, 5.41) is 9.99. The predicted octanol–water partition coefficient (Wildman–Crippen LogP) is 4.41. The van der Waals surface area contributed by atoms with E-state index < -0.39 is 0 Å². The van der Waals surface area contributed by atoms with Crippen LogP contribution >= 0.6 is 0 Å². The molecule has 0 radical (unpaired) electrons. The third-order valence-corrected chi connectivity index (χ3v) is 3.68. The largest absolute Gasteiger partial charge is 0.508 e. The minimum Gasteiger partial charge on any atom is -0.508 e. The zero-order valence-corrected chi connectivity index (χ0v) is 10.6. The van der Waals surface area contributed by atoms with E-state index in [0.717, 1.165) is 18.4 Å². The molecular weight excluding hydrogens is 208 g/mol. The van der Waals surface area contributed by atoms with Crippen LogP contribution in [-0.4, -0.2) is 5.11 Å². The van der Waals surface area contributed by atoms with E-state index in [2.05, 4.69) is 26.5 Å². The molecule has 1 aromatic carbocycles. The standard InChI is InChI=1S/C16H20O/c1-11(2)13-9-8-12(3)10-15(13)14-6-4-5-7-16(14)17/h4-7,10,13,15,17H,1,8-9H2,2-3H3/t13-,15+/m0/s1. The van der Waals surface area contributed by atoms with E-state index in [1.54, 1.807) is 6.07 Å². The van der Waals surface area contributed by atoms with Gasteiger partial charge in [-0.05, 0) is 38.7 Å². The summed E-state index contributed by atoms with van der Waals surface area (Å²) in [7, 11) is 0. The first kappa shape index (κ1) is 12.0. The van der Waals surface area contributed by atoms with E-state index in [-0.39, 0.29) is 5.92 Å². The number of para-hydroxylation sites is 1. The third-order valence-electron chi connectivity index (χ3n) is 3.68. The Kier molecular flexibility index (Phi) is 3.37. The molecule has 0 fully saturated rings. The number of hydrogen-bond donors (Lipinski definition) is 1. The highest BCUT2D eigenvalue weighted by atomic mass is 16.3. The van der Waals surface area contributed by atoms with Crippen LogP contribution in [0.2, 0.25) is 0 Å². The fourth-order valence-electron chi connectivity index (χ4n) is 2.70. The van der Waals surface area contributed by atoms with Gasteiger partial charge >= 0.3 is 0 Å². The minimum atomic E-state index is 0.280. The van der Waals surface area contributed by atoms with Crippen LogP contribution in [-0.2, 0) is 0 Å². The van der Waals surface area contributed by atoms with Gasteiger partial charge in [0.1, 0.15) is 5.75 Å². The molecule has 0 aliphatic heterocycles. The topological polar surface area (TPSA) is 20.2 Å². The summed E-state index contributed by atoms with van der Waals surface area (Å²) in [4.78, 5) is 0. The first-order valence-electron chi connectivity index (χ1n) is 6.20. The number of hydrogen-bond acceptors (Lipinski definition) is 1. The molecule has 90 valence electrons. The monoisotopic (exact) mass is 228 g/mol. The van der Waals surface area contributed by atoms with Gasteiger partial charge in [0.2, 0.25) is 0 Å². The maximum Gasteiger partial charge on any atom is 0.119 e. The third kappa shape index (κ3) is 2.44. The molecule has 1 nitrogen and oxygen atoms in total. The Morgan fingerprint density at radius 2 is 2.06 bits per heavy atom. The van der Waals surface area contributed by atoms with Crippen molar-refractivity contribution in [2.45, 2.75) is 32.6 Å². The normalized spacial score (nSPS) is 24.2. The van der Waals surface area contributed by atoms with E-state index in [4.69, 9.17) is 0 Å². The van der Waals surface area contributed by atoms with E-state index in [9.17, 15) is 5.11 Å². The van der Waals surface area contributed by atoms with Gasteiger partial charge in [-0.3, -0.25) is 0 Å². The highest BCUT2D eigenvalue weighted by Gasteiger charge is 2.27. The summed E-state index contributed by atoms with van der Waals surface area (Å²) in [5.74, 6) is 1.13. The molecule has 17 heavy (non-hydrogen) atoms. The Labute approximate surface area is 103 Å². The van der Waals surface area contributed by atoms with Crippen molar-refractivity contribution in [1.82, 2.24) is 0 Å². The lowest BCUT2D eigenvalue weighted by Gasteiger charge is -2.30. The van der Waals surface area contributed by atoms with Crippen molar-refractivity contribution in [3.05, 3.63) is 53.6 Å². The molecule has 0 saturated carbocycles. The van der Waals surface area contributed by atoms with Crippen LogP contribution in [0, 0.1) is 5.92 Å². The Balaban J connectivity index is 2.42. The Morgan fingerprint density at radius 3 is 2.71 bits per heavy atom. The molecule has 1 N–H and O–H groups in total. The molecule has 1 aliphatic rings. The predicted molar refractivity (Wildman–Crippen MR) is 72.1 cm³/mol. The lowest BCUT2D eigenvalue weighted by molar-refractivity contribution is 0.437. The average molecular weight is 228 g/mol. The first-order valence-corrected chi connectivity index (χ1v) is 6.20. The van der Waals surface area contributed by atoms with Crippen LogP contribution in [0.1, 0.15) is 38.2 Å². The molecule has 0 spiro atoms. The summed E-state index contributed by atoms with van der Waals surface area (Å²) in [6.45, 7) is 8.36. The second-order valence-corrected chi connectivity index (χ2v) is 5.09. The van der Waals surface area contributed by atoms with Crippen molar-refractivity contribution < 1.29 is 5.11 Å². The van der Waals surface area contributed by atoms with E-state index in [0.29, 0.717) is 11.7 Å². The van der Waals surface area contributed by atoms with Crippen LogP contribution in [0.4, 0.5) is 0 Å². The van der Waals surface area contributed by atoms with Crippen molar-refractivity contribution in [1.29, 1.82) is 0 Å². The molecule has 0 unspecified atom stereocenters. The number of allylic oxidation sites excluding steroid dienone is 3. The minimum absolute atomic E-state index is 0.280. The zero-order valence-electron chi connectivity index (χ0n) is 10.6. The fourth-order valence-corrected chi connectivity index (χ4v) is 2.70. The van der Waals surface area contributed by atoms with Gasteiger partial charge in [-0.25, -0.2) is 0 Å². The van der Waals surface area contributed by atoms with Crippen LogP contribution in [0.5, 0.6) is 5.75 Å². The number of rotatable bonds is 2. The molecule has 0 amide bonds. The summed E-state index contributed by atoms with van der Waals surface area (Å²) < 4.78 is 0. The van der Waals surface area contributed by atoms with E-state index in [1.165, 1.54) is 11.1 Å². The van der Waals surface area contributed by atoms with Gasteiger partial charge in [-0.2, -0.15) is 0 Å². The van der Waals surface area contributed by atoms with Crippen LogP contribution in [0.15, 0.2) is 48.1 Å². The van der Waals surface area contributed by atoms with Gasteiger partial charge in [0.25, 0.3) is 0 Å². The summed E-state index contributed by atoms with van der Waals surface area (Å²) in [5.41, 5.74) is 3.65. The molecule has 0 bridgehead atoms. The highest BCUT2D eigenvalue weighted by molar-refractivity contribution is 5.40. The SMILES string of the molecule is C=C(C)[C@@H]1CCC(C)=C[C@H]1c1ccccc1O. The highest BCUT2D eigenvalue weighted by Crippen LogP contribution is 2.42. The fraction of sp³-hybridized carbons (Fsp3) is 0.375. The van der Waals surface area contributed by atoms with Crippen molar-refractivity contribution in [2.24, 2.45) is 5.92 Å². The molecule has 0 heterocycles. The van der Waals surface area contributed by atoms with Gasteiger partial charge < -0.3 is 5.11 Å². The van der Waals surface area contributed by atoms with Crippen LogP contribution in [0.3, 0.4) is 0 Å². The summed E-state index contributed by atoms with van der Waals surface area (Å²) in [6, 6.07) is 7.64. The van der Waals surface area contributed by atoms with E-state index >= 15 is 0 Å². The van der Waals surface area contributed by atoms with Gasteiger partial charge in [0.15, 0.2) is 0 Å². The van der Waals surface area contributed by atoms with Crippen molar-refractivity contribution in [2.75, 3.05) is 0 Å². The molecule has 1 heteroatoms. The van der Waals surface area contributed by atoms with Gasteiger partial charge in [-0.15, -0.1) is 0 Å². The summed E-state index contributed by atoms with van der Waals surface area (Å²) in [6.07, 6.45) is 4.57. The Hall–Kier alpha value is -1.50. The molecule has 1 aromatic rings. The van der Waals surface area contributed by atoms with Crippen molar-refractivity contribution >= 4 is 0 Å². The lowest BCUT2D eigenvalue weighted by atomic mass is 9.74. The zero-order chi connectivity index (χ0) is 12.4. The molecule has 2 rings (SSSR count). The lowest BCUT2D eigenvalue weighted by Crippen LogP contribution is -2.16. The van der Waals surface area contributed by atoms with Gasteiger partial charge in [-0.1, -0.05) is 42.0 Å². The van der Waals surface area contributed by atoms with Crippen molar-refractivity contribution in [3.63, 3.8) is 0 Å².